The van der Waals surface area contributed by atoms with Crippen LogP contribution in [-0.2, 0) is 19.9 Å². The first-order valence-electron chi connectivity index (χ1n) is 15.8. The average Bonchev–Trinajstić information content (AvgIpc) is 3.29. The van der Waals surface area contributed by atoms with Crippen LogP contribution in [0.4, 0.5) is 0 Å². The van der Waals surface area contributed by atoms with E-state index in [1.54, 1.807) is 90.1 Å². The highest BCUT2D eigenvalue weighted by Gasteiger charge is 2.54. The molecule has 0 radical (unpaired) electrons. The van der Waals surface area contributed by atoms with Gasteiger partial charge in [0.2, 0.25) is 0 Å². The maximum absolute atomic E-state index is 13.6. The summed E-state index contributed by atoms with van der Waals surface area (Å²) in [5, 5.41) is 11.8. The molecule has 10 heteroatoms. The van der Waals surface area contributed by atoms with E-state index in [4.69, 9.17) is 24.1 Å². The summed E-state index contributed by atoms with van der Waals surface area (Å²) in [4.78, 5) is 51.9. The van der Waals surface area contributed by atoms with Gasteiger partial charge >= 0.3 is 17.9 Å². The molecule has 2 N–H and O–H groups in total. The number of ether oxygens (including phenoxy) is 4. The van der Waals surface area contributed by atoms with Crippen LogP contribution in [0.15, 0.2) is 54.6 Å². The van der Waals surface area contributed by atoms with Crippen molar-refractivity contribution in [3.63, 3.8) is 0 Å². The van der Waals surface area contributed by atoms with E-state index in [-0.39, 0.29) is 41.1 Å². The van der Waals surface area contributed by atoms with Gasteiger partial charge in [-0.15, -0.1) is 0 Å². The highest BCUT2D eigenvalue weighted by molar-refractivity contribution is 6.01. The standard InChI is InChI=1S/C37H41NO9/c1-35(2,3)33(42)44-23-12-15-27-29(20-23)46-30-21-24(45-34(43)36(4,5)6)13-16-28(30)37(27)26-14-11-22(19-25(26)32(41)47-37)31(40)38-17-9-7-8-10-18-39/h11-16,19-21,39H,7-10,17-18H2,1-6H3,(H,38,40). The lowest BCUT2D eigenvalue weighted by molar-refractivity contribution is -0.143. The van der Waals surface area contributed by atoms with Crippen LogP contribution >= 0.6 is 0 Å². The molecule has 3 aromatic rings. The molecule has 248 valence electrons. The second kappa shape index (κ2) is 12.8. The molecule has 0 unspecified atom stereocenters. The van der Waals surface area contributed by atoms with Gasteiger partial charge in [-0.2, -0.15) is 0 Å². The Balaban J connectivity index is 1.55. The molecular formula is C37H41NO9. The van der Waals surface area contributed by atoms with E-state index >= 15 is 0 Å². The first kappa shape index (κ1) is 33.7. The van der Waals surface area contributed by atoms with Gasteiger partial charge < -0.3 is 29.4 Å². The third kappa shape index (κ3) is 6.74. The van der Waals surface area contributed by atoms with Crippen LogP contribution in [0.25, 0.3) is 0 Å². The fourth-order valence-corrected chi connectivity index (χ4v) is 5.37. The van der Waals surface area contributed by atoms with Gasteiger partial charge in [-0.3, -0.25) is 14.4 Å². The minimum Gasteiger partial charge on any atom is -0.456 e. The van der Waals surface area contributed by atoms with Gasteiger partial charge in [0.15, 0.2) is 5.60 Å². The molecule has 1 spiro atoms. The quantitative estimate of drug-likeness (QED) is 0.153. The molecule has 0 aliphatic carbocycles. The third-order valence-electron chi connectivity index (χ3n) is 8.03. The van der Waals surface area contributed by atoms with Crippen molar-refractivity contribution in [1.29, 1.82) is 0 Å². The number of esters is 3. The fraction of sp³-hybridized carbons (Fsp3) is 0.405. The number of carbonyl (C=O) groups excluding carboxylic acids is 4. The Labute approximate surface area is 274 Å². The zero-order chi connectivity index (χ0) is 34.1. The van der Waals surface area contributed by atoms with Crippen molar-refractivity contribution in [2.45, 2.75) is 72.8 Å². The minimum atomic E-state index is -1.46. The fourth-order valence-electron chi connectivity index (χ4n) is 5.37. The summed E-state index contributed by atoms with van der Waals surface area (Å²) in [6.45, 7) is 11.1. The molecule has 0 saturated carbocycles. The summed E-state index contributed by atoms with van der Waals surface area (Å²) >= 11 is 0. The van der Waals surface area contributed by atoms with E-state index in [1.165, 1.54) is 6.07 Å². The average molecular weight is 644 g/mol. The molecule has 0 saturated heterocycles. The number of benzene rings is 3. The molecule has 5 rings (SSSR count). The molecule has 3 aromatic carbocycles. The lowest BCUT2D eigenvalue weighted by atomic mass is 9.77. The normalized spacial score (nSPS) is 14.3. The molecule has 2 aliphatic rings. The second-order valence-corrected chi connectivity index (χ2v) is 13.9. The number of fused-ring (bicyclic) bond motifs is 6. The van der Waals surface area contributed by atoms with Gasteiger partial charge in [0.25, 0.3) is 5.91 Å². The minimum absolute atomic E-state index is 0.151. The van der Waals surface area contributed by atoms with Crippen LogP contribution < -0.4 is 19.5 Å². The van der Waals surface area contributed by atoms with E-state index in [0.717, 1.165) is 25.7 Å². The number of aliphatic hydroxyl groups is 1. The molecule has 0 aromatic heterocycles. The monoisotopic (exact) mass is 643 g/mol. The topological polar surface area (TPSA) is 137 Å². The molecule has 47 heavy (non-hydrogen) atoms. The molecular weight excluding hydrogens is 602 g/mol. The van der Waals surface area contributed by atoms with Crippen molar-refractivity contribution in [1.82, 2.24) is 5.32 Å². The number of amides is 1. The number of hydrogen-bond acceptors (Lipinski definition) is 9. The molecule has 1 amide bonds. The van der Waals surface area contributed by atoms with Crippen LogP contribution in [0.5, 0.6) is 23.0 Å². The molecule has 0 atom stereocenters. The number of nitrogens with one attached hydrogen (secondary N) is 1. The van der Waals surface area contributed by atoms with Crippen molar-refractivity contribution in [3.05, 3.63) is 82.4 Å². The Morgan fingerprint density at radius 2 is 1.28 bits per heavy atom. The van der Waals surface area contributed by atoms with Gasteiger partial charge in [-0.05, 0) is 90.8 Å². The summed E-state index contributed by atoms with van der Waals surface area (Å²) in [7, 11) is 0. The summed E-state index contributed by atoms with van der Waals surface area (Å²) in [6, 6.07) is 14.6. The predicted molar refractivity (Wildman–Crippen MR) is 173 cm³/mol. The Bertz CT molecular complexity index is 1650. The molecule has 0 fully saturated rings. The van der Waals surface area contributed by atoms with Crippen LogP contribution in [0.1, 0.15) is 105 Å². The summed E-state index contributed by atoms with van der Waals surface area (Å²) in [6.07, 6.45) is 3.27. The first-order chi connectivity index (χ1) is 22.1. The molecule has 10 nitrogen and oxygen atoms in total. The van der Waals surface area contributed by atoms with E-state index < -0.39 is 34.3 Å². The maximum atomic E-state index is 13.6. The SMILES string of the molecule is CC(C)(C)C(=O)Oc1ccc2c(c1)Oc1cc(OC(=O)C(C)(C)C)ccc1C21OC(=O)c2cc(C(=O)NCCCCCCO)ccc21. The number of carbonyl (C=O) groups is 4. The van der Waals surface area contributed by atoms with Crippen molar-refractivity contribution < 1.29 is 43.2 Å². The van der Waals surface area contributed by atoms with Crippen molar-refractivity contribution >= 4 is 23.8 Å². The number of hydrogen-bond donors (Lipinski definition) is 2. The summed E-state index contributed by atoms with van der Waals surface area (Å²) in [5.74, 6) is -0.770. The Kier molecular flexibility index (Phi) is 9.19. The zero-order valence-electron chi connectivity index (χ0n) is 27.7. The summed E-state index contributed by atoms with van der Waals surface area (Å²) in [5.41, 5.74) is -0.927. The van der Waals surface area contributed by atoms with Crippen molar-refractivity contribution in [2.75, 3.05) is 13.2 Å². The number of rotatable bonds is 9. The van der Waals surface area contributed by atoms with Crippen LogP contribution in [0, 0.1) is 10.8 Å². The lowest BCUT2D eigenvalue weighted by Gasteiger charge is -2.36. The Morgan fingerprint density at radius 1 is 0.745 bits per heavy atom. The Morgan fingerprint density at radius 3 is 1.81 bits per heavy atom. The van der Waals surface area contributed by atoms with E-state index in [9.17, 15) is 19.2 Å². The second-order valence-electron chi connectivity index (χ2n) is 13.9. The largest absolute Gasteiger partial charge is 0.456 e. The Hall–Kier alpha value is -4.70. The number of aliphatic hydroxyl groups excluding tert-OH is 1. The van der Waals surface area contributed by atoms with Crippen molar-refractivity contribution in [3.8, 4) is 23.0 Å². The number of unbranched alkanes of at least 4 members (excludes halogenated alkanes) is 3. The zero-order valence-corrected chi connectivity index (χ0v) is 27.7. The van der Waals surface area contributed by atoms with E-state index in [0.29, 0.717) is 28.8 Å². The molecule has 2 heterocycles. The maximum Gasteiger partial charge on any atom is 0.340 e. The van der Waals surface area contributed by atoms with E-state index in [1.807, 2.05) is 0 Å². The van der Waals surface area contributed by atoms with Gasteiger partial charge in [0.05, 0.1) is 16.4 Å². The van der Waals surface area contributed by atoms with Gasteiger partial charge in [-0.25, -0.2) is 4.79 Å². The highest BCUT2D eigenvalue weighted by atomic mass is 16.6. The third-order valence-corrected chi connectivity index (χ3v) is 8.03. The van der Waals surface area contributed by atoms with Gasteiger partial charge in [0, 0.05) is 47.5 Å². The first-order valence-corrected chi connectivity index (χ1v) is 15.8. The van der Waals surface area contributed by atoms with Gasteiger partial charge in [-0.1, -0.05) is 18.9 Å². The molecule has 0 bridgehead atoms. The smallest absolute Gasteiger partial charge is 0.340 e. The van der Waals surface area contributed by atoms with Crippen molar-refractivity contribution in [2.24, 2.45) is 10.8 Å². The van der Waals surface area contributed by atoms with E-state index in [2.05, 4.69) is 5.32 Å². The lowest BCUT2D eigenvalue weighted by Crippen LogP contribution is -2.33. The van der Waals surface area contributed by atoms with Crippen LogP contribution in [0.3, 0.4) is 0 Å². The van der Waals surface area contributed by atoms with Crippen LogP contribution in [-0.4, -0.2) is 42.1 Å². The van der Waals surface area contributed by atoms with Crippen LogP contribution in [0.2, 0.25) is 0 Å². The van der Waals surface area contributed by atoms with Gasteiger partial charge in [0.1, 0.15) is 23.0 Å². The highest BCUT2D eigenvalue weighted by Crippen LogP contribution is 2.57. The predicted octanol–water partition coefficient (Wildman–Crippen LogP) is 6.44. The summed E-state index contributed by atoms with van der Waals surface area (Å²) < 4.78 is 23.8. The molecule has 2 aliphatic heterocycles.